The topological polar surface area (TPSA) is 21.3 Å². The average Bonchev–Trinajstić information content (AvgIpc) is 2.33. The second kappa shape index (κ2) is 6.79. The second-order valence-electron chi connectivity index (χ2n) is 5.36. The molecule has 1 N–H and O–H groups in total. The Bertz CT molecular complexity index is 385. The van der Waals surface area contributed by atoms with Crippen molar-refractivity contribution >= 4 is 0 Å². The molecular weight excluding hydrogens is 222 g/mol. The molecule has 1 rings (SSSR count). The first-order valence-corrected chi connectivity index (χ1v) is 6.92. The highest BCUT2D eigenvalue weighted by atomic mass is 16.5. The van der Waals surface area contributed by atoms with E-state index in [1.165, 1.54) is 16.7 Å². The lowest BCUT2D eigenvalue weighted by atomic mass is 10.1. The molecule has 0 saturated heterocycles. The number of hydrogen-bond acceptors (Lipinski definition) is 2. The van der Waals surface area contributed by atoms with E-state index in [4.69, 9.17) is 4.74 Å². The normalized spacial score (nSPS) is 12.8. The fraction of sp³-hybridized carbons (Fsp3) is 0.625. The zero-order valence-electron chi connectivity index (χ0n) is 12.6. The monoisotopic (exact) mass is 249 g/mol. The molecule has 0 bridgehead atoms. The van der Waals surface area contributed by atoms with Crippen LogP contribution in [-0.2, 0) is 0 Å². The van der Waals surface area contributed by atoms with Crippen molar-refractivity contribution in [3.05, 3.63) is 28.8 Å². The molecule has 0 aliphatic heterocycles. The molecule has 2 nitrogen and oxygen atoms in total. The molecule has 1 aromatic carbocycles. The summed E-state index contributed by atoms with van der Waals surface area (Å²) in [7, 11) is 0. The Labute approximate surface area is 112 Å². The van der Waals surface area contributed by atoms with Gasteiger partial charge in [-0.3, -0.25) is 0 Å². The highest BCUT2D eigenvalue weighted by molar-refractivity contribution is 5.44. The van der Waals surface area contributed by atoms with E-state index in [0.29, 0.717) is 6.04 Å². The Hall–Kier alpha value is -1.02. The van der Waals surface area contributed by atoms with Crippen molar-refractivity contribution < 1.29 is 4.74 Å². The molecule has 0 aromatic heterocycles. The summed E-state index contributed by atoms with van der Waals surface area (Å²) in [4.78, 5) is 0. The standard InChI is InChI=1S/C16H27NO/c1-7-15(10-17-11(2)3)18-16-13(5)9-8-12(4)14(16)6/h8-9,11,15,17H,7,10H2,1-6H3. The third-order valence-electron chi connectivity index (χ3n) is 3.37. The molecular formula is C16H27NO. The maximum Gasteiger partial charge on any atom is 0.125 e. The summed E-state index contributed by atoms with van der Waals surface area (Å²) < 4.78 is 6.19. The Morgan fingerprint density at radius 1 is 1.11 bits per heavy atom. The summed E-state index contributed by atoms with van der Waals surface area (Å²) in [6.07, 6.45) is 1.26. The highest BCUT2D eigenvalue weighted by Gasteiger charge is 2.13. The van der Waals surface area contributed by atoms with Crippen molar-refractivity contribution in [1.82, 2.24) is 5.32 Å². The van der Waals surface area contributed by atoms with Crippen molar-refractivity contribution in [2.75, 3.05) is 6.54 Å². The van der Waals surface area contributed by atoms with E-state index >= 15 is 0 Å². The van der Waals surface area contributed by atoms with Gasteiger partial charge in [0.05, 0.1) is 0 Å². The van der Waals surface area contributed by atoms with Crippen LogP contribution in [0.2, 0.25) is 0 Å². The summed E-state index contributed by atoms with van der Waals surface area (Å²) in [6.45, 7) is 13.8. The average molecular weight is 249 g/mol. The van der Waals surface area contributed by atoms with Crippen LogP contribution in [0.25, 0.3) is 0 Å². The van der Waals surface area contributed by atoms with Crippen LogP contribution in [0.3, 0.4) is 0 Å². The Balaban J connectivity index is 2.78. The number of ether oxygens (including phenoxy) is 1. The molecule has 0 aliphatic carbocycles. The fourth-order valence-electron chi connectivity index (χ4n) is 1.91. The van der Waals surface area contributed by atoms with E-state index in [9.17, 15) is 0 Å². The minimum absolute atomic E-state index is 0.242. The van der Waals surface area contributed by atoms with E-state index in [1.54, 1.807) is 0 Å². The van der Waals surface area contributed by atoms with E-state index in [-0.39, 0.29) is 6.10 Å². The summed E-state index contributed by atoms with van der Waals surface area (Å²) in [6, 6.07) is 4.80. The fourth-order valence-corrected chi connectivity index (χ4v) is 1.91. The summed E-state index contributed by atoms with van der Waals surface area (Å²) in [5, 5.41) is 3.45. The predicted octanol–water partition coefficient (Wildman–Crippen LogP) is 3.77. The van der Waals surface area contributed by atoms with Gasteiger partial charge in [-0.15, -0.1) is 0 Å². The Kier molecular flexibility index (Phi) is 5.67. The molecule has 0 aliphatic rings. The van der Waals surface area contributed by atoms with Gasteiger partial charge < -0.3 is 10.1 Å². The number of aryl methyl sites for hydroxylation is 2. The molecule has 0 spiro atoms. The first-order valence-electron chi connectivity index (χ1n) is 6.92. The molecule has 0 saturated carbocycles. The van der Waals surface area contributed by atoms with Gasteiger partial charge in [0.25, 0.3) is 0 Å². The molecule has 1 atom stereocenters. The predicted molar refractivity (Wildman–Crippen MR) is 78.5 cm³/mol. The Morgan fingerprint density at radius 2 is 1.72 bits per heavy atom. The largest absolute Gasteiger partial charge is 0.489 e. The van der Waals surface area contributed by atoms with E-state index < -0.39 is 0 Å². The van der Waals surface area contributed by atoms with E-state index in [1.807, 2.05) is 0 Å². The van der Waals surface area contributed by atoms with Gasteiger partial charge in [0.15, 0.2) is 0 Å². The molecule has 0 amide bonds. The number of rotatable bonds is 6. The molecule has 0 fully saturated rings. The summed E-state index contributed by atoms with van der Waals surface area (Å²) in [5.41, 5.74) is 3.78. The van der Waals surface area contributed by atoms with Gasteiger partial charge in [0, 0.05) is 12.6 Å². The molecule has 2 heteroatoms. The minimum Gasteiger partial charge on any atom is -0.489 e. The lowest BCUT2D eigenvalue weighted by Crippen LogP contribution is -2.35. The maximum atomic E-state index is 6.19. The van der Waals surface area contributed by atoms with Crippen molar-refractivity contribution in [2.24, 2.45) is 0 Å². The first kappa shape index (κ1) is 15.0. The smallest absolute Gasteiger partial charge is 0.125 e. The third-order valence-corrected chi connectivity index (χ3v) is 3.37. The van der Waals surface area contributed by atoms with Gasteiger partial charge in [0.2, 0.25) is 0 Å². The van der Waals surface area contributed by atoms with Gasteiger partial charge in [-0.2, -0.15) is 0 Å². The van der Waals surface area contributed by atoms with Crippen LogP contribution in [0.4, 0.5) is 0 Å². The molecule has 0 heterocycles. The van der Waals surface area contributed by atoms with Crippen LogP contribution in [0.1, 0.15) is 43.9 Å². The summed E-state index contributed by atoms with van der Waals surface area (Å²) >= 11 is 0. The molecule has 0 radical (unpaired) electrons. The van der Waals surface area contributed by atoms with Crippen molar-refractivity contribution in [3.8, 4) is 5.75 Å². The summed E-state index contributed by atoms with van der Waals surface area (Å²) in [5.74, 6) is 1.06. The van der Waals surface area contributed by atoms with Gasteiger partial charge in [-0.25, -0.2) is 0 Å². The molecule has 102 valence electrons. The lowest BCUT2D eigenvalue weighted by molar-refractivity contribution is 0.187. The number of hydrogen-bond donors (Lipinski definition) is 1. The van der Waals surface area contributed by atoms with Crippen LogP contribution < -0.4 is 10.1 Å². The van der Waals surface area contributed by atoms with Gasteiger partial charge in [0.1, 0.15) is 11.9 Å². The maximum absolute atomic E-state index is 6.19. The van der Waals surface area contributed by atoms with E-state index in [0.717, 1.165) is 18.7 Å². The van der Waals surface area contributed by atoms with Gasteiger partial charge in [-0.05, 0) is 43.9 Å². The first-order chi connectivity index (χ1) is 8.45. The molecule has 1 unspecified atom stereocenters. The highest BCUT2D eigenvalue weighted by Crippen LogP contribution is 2.27. The minimum atomic E-state index is 0.242. The van der Waals surface area contributed by atoms with Gasteiger partial charge in [-0.1, -0.05) is 32.9 Å². The van der Waals surface area contributed by atoms with Crippen LogP contribution in [0, 0.1) is 20.8 Å². The zero-order valence-corrected chi connectivity index (χ0v) is 12.6. The SMILES string of the molecule is CCC(CNC(C)C)Oc1c(C)ccc(C)c1C. The number of nitrogens with one attached hydrogen (secondary N) is 1. The third kappa shape index (κ3) is 4.02. The number of benzene rings is 1. The van der Waals surface area contributed by atoms with Crippen LogP contribution in [-0.4, -0.2) is 18.7 Å². The zero-order chi connectivity index (χ0) is 13.7. The Morgan fingerprint density at radius 3 is 2.28 bits per heavy atom. The quantitative estimate of drug-likeness (QED) is 0.828. The van der Waals surface area contributed by atoms with Crippen LogP contribution in [0.5, 0.6) is 5.75 Å². The van der Waals surface area contributed by atoms with Gasteiger partial charge >= 0.3 is 0 Å². The lowest BCUT2D eigenvalue weighted by Gasteiger charge is -2.22. The molecule has 18 heavy (non-hydrogen) atoms. The van der Waals surface area contributed by atoms with Crippen molar-refractivity contribution in [1.29, 1.82) is 0 Å². The second-order valence-corrected chi connectivity index (χ2v) is 5.36. The van der Waals surface area contributed by atoms with Crippen LogP contribution in [0.15, 0.2) is 12.1 Å². The van der Waals surface area contributed by atoms with Crippen molar-refractivity contribution in [2.45, 2.75) is 60.1 Å². The van der Waals surface area contributed by atoms with E-state index in [2.05, 4.69) is 59.0 Å². The molecule has 1 aromatic rings. The van der Waals surface area contributed by atoms with Crippen LogP contribution >= 0.6 is 0 Å². The van der Waals surface area contributed by atoms with Crippen molar-refractivity contribution in [3.63, 3.8) is 0 Å².